The topological polar surface area (TPSA) is 29.5 Å². The summed E-state index contributed by atoms with van der Waals surface area (Å²) in [5.41, 5.74) is 1.26. The van der Waals surface area contributed by atoms with E-state index in [1.165, 1.54) is 7.11 Å². The first kappa shape index (κ1) is 11.0. The molecule has 0 amide bonds. The minimum absolute atomic E-state index is 0.0150. The molecule has 0 saturated carbocycles. The van der Waals surface area contributed by atoms with Crippen LogP contribution in [0.2, 0.25) is 0 Å². The van der Waals surface area contributed by atoms with Crippen LogP contribution in [0.4, 0.5) is 4.39 Å². The number of aliphatic hydroxyl groups is 1. The lowest BCUT2D eigenvalue weighted by molar-refractivity contribution is 0.268. The van der Waals surface area contributed by atoms with Gasteiger partial charge in [-0.1, -0.05) is 19.1 Å². The van der Waals surface area contributed by atoms with Crippen LogP contribution in [0.15, 0.2) is 12.1 Å². The molecule has 0 fully saturated rings. The van der Waals surface area contributed by atoms with Crippen molar-refractivity contribution in [2.45, 2.75) is 19.8 Å². The summed E-state index contributed by atoms with van der Waals surface area (Å²) in [5, 5.41) is 8.99. The number of methoxy groups -OCH3 is 1. The Morgan fingerprint density at radius 3 is 2.64 bits per heavy atom. The summed E-state index contributed by atoms with van der Waals surface area (Å²) in [5.74, 6) is -0.211. The summed E-state index contributed by atoms with van der Waals surface area (Å²) in [6.45, 7) is 3.50. The van der Waals surface area contributed by atoms with Gasteiger partial charge in [0.25, 0.3) is 0 Å². The van der Waals surface area contributed by atoms with Crippen molar-refractivity contribution in [2.24, 2.45) is 0 Å². The van der Waals surface area contributed by atoms with E-state index in [-0.39, 0.29) is 24.1 Å². The standard InChI is InChI=1S/C11H15FO2/c1-7-4-5-9(8(2)6-13)11(14-3)10(7)12/h4-5,8,13H,6H2,1-3H3. The van der Waals surface area contributed by atoms with Gasteiger partial charge in [-0.15, -0.1) is 0 Å². The van der Waals surface area contributed by atoms with Gasteiger partial charge < -0.3 is 9.84 Å². The summed E-state index contributed by atoms with van der Waals surface area (Å²) >= 11 is 0. The Balaban J connectivity index is 3.23. The van der Waals surface area contributed by atoms with E-state index in [1.807, 2.05) is 6.92 Å². The minimum Gasteiger partial charge on any atom is -0.493 e. The predicted molar refractivity (Wildman–Crippen MR) is 53.2 cm³/mol. The van der Waals surface area contributed by atoms with Crippen LogP contribution >= 0.6 is 0 Å². The molecule has 0 aliphatic rings. The van der Waals surface area contributed by atoms with Gasteiger partial charge in [0, 0.05) is 18.1 Å². The van der Waals surface area contributed by atoms with Crippen molar-refractivity contribution in [1.29, 1.82) is 0 Å². The molecular weight excluding hydrogens is 183 g/mol. The van der Waals surface area contributed by atoms with Gasteiger partial charge in [-0.25, -0.2) is 4.39 Å². The summed E-state index contributed by atoms with van der Waals surface area (Å²) in [6.07, 6.45) is 0. The molecule has 78 valence electrons. The first-order valence-corrected chi connectivity index (χ1v) is 4.55. The third-order valence-electron chi connectivity index (χ3n) is 2.33. The molecule has 1 atom stereocenters. The first-order chi connectivity index (χ1) is 6.61. The lowest BCUT2D eigenvalue weighted by Gasteiger charge is -2.14. The van der Waals surface area contributed by atoms with Crippen LogP contribution < -0.4 is 4.74 Å². The summed E-state index contributed by atoms with van der Waals surface area (Å²) in [4.78, 5) is 0. The highest BCUT2D eigenvalue weighted by molar-refractivity contribution is 5.41. The second-order valence-electron chi connectivity index (χ2n) is 3.40. The van der Waals surface area contributed by atoms with Gasteiger partial charge in [-0.3, -0.25) is 0 Å². The van der Waals surface area contributed by atoms with Gasteiger partial charge in [0.15, 0.2) is 11.6 Å². The van der Waals surface area contributed by atoms with E-state index in [9.17, 15) is 4.39 Å². The number of halogens is 1. The second-order valence-corrected chi connectivity index (χ2v) is 3.40. The highest BCUT2D eigenvalue weighted by Crippen LogP contribution is 2.30. The summed E-state index contributed by atoms with van der Waals surface area (Å²) < 4.78 is 18.5. The van der Waals surface area contributed by atoms with E-state index in [0.717, 1.165) is 0 Å². The molecule has 1 N–H and O–H groups in total. The fourth-order valence-electron chi connectivity index (χ4n) is 1.36. The summed E-state index contributed by atoms with van der Waals surface area (Å²) in [7, 11) is 1.44. The molecular formula is C11H15FO2. The van der Waals surface area contributed by atoms with Gasteiger partial charge >= 0.3 is 0 Å². The fourth-order valence-corrected chi connectivity index (χ4v) is 1.36. The summed E-state index contributed by atoms with van der Waals surface area (Å²) in [6, 6.07) is 3.48. The quantitative estimate of drug-likeness (QED) is 0.807. The maximum atomic E-state index is 13.6. The monoisotopic (exact) mass is 198 g/mol. The van der Waals surface area contributed by atoms with Gasteiger partial charge in [-0.05, 0) is 12.5 Å². The second kappa shape index (κ2) is 4.42. The molecule has 14 heavy (non-hydrogen) atoms. The Bertz CT molecular complexity index is 323. The van der Waals surface area contributed by atoms with Crippen LogP contribution in [-0.2, 0) is 0 Å². The predicted octanol–water partition coefficient (Wildman–Crippen LogP) is 2.24. The van der Waals surface area contributed by atoms with Crippen LogP contribution in [0, 0.1) is 12.7 Å². The van der Waals surface area contributed by atoms with Crippen LogP contribution in [0.5, 0.6) is 5.75 Å². The number of hydrogen-bond acceptors (Lipinski definition) is 2. The molecule has 1 aromatic carbocycles. The number of benzene rings is 1. The van der Waals surface area contributed by atoms with E-state index >= 15 is 0 Å². The molecule has 0 saturated heterocycles. The highest BCUT2D eigenvalue weighted by atomic mass is 19.1. The zero-order valence-corrected chi connectivity index (χ0v) is 8.67. The SMILES string of the molecule is COc1c(C(C)CO)ccc(C)c1F. The lowest BCUT2D eigenvalue weighted by Crippen LogP contribution is -2.04. The van der Waals surface area contributed by atoms with E-state index in [0.29, 0.717) is 11.1 Å². The van der Waals surface area contributed by atoms with Crippen molar-refractivity contribution in [3.63, 3.8) is 0 Å². The largest absolute Gasteiger partial charge is 0.493 e. The van der Waals surface area contributed by atoms with Crippen LogP contribution in [0.1, 0.15) is 24.0 Å². The number of ether oxygens (including phenoxy) is 1. The molecule has 2 nitrogen and oxygen atoms in total. The first-order valence-electron chi connectivity index (χ1n) is 4.55. The van der Waals surface area contributed by atoms with Gasteiger partial charge in [-0.2, -0.15) is 0 Å². The molecule has 0 aliphatic heterocycles. The van der Waals surface area contributed by atoms with Crippen molar-refractivity contribution in [1.82, 2.24) is 0 Å². The van der Waals surface area contributed by atoms with Crippen LogP contribution in [-0.4, -0.2) is 18.8 Å². The third kappa shape index (κ3) is 1.87. The van der Waals surface area contributed by atoms with Crippen molar-refractivity contribution in [2.75, 3.05) is 13.7 Å². The Hall–Kier alpha value is -1.09. The van der Waals surface area contributed by atoms with Crippen molar-refractivity contribution < 1.29 is 14.2 Å². The van der Waals surface area contributed by atoms with Gasteiger partial charge in [0.05, 0.1) is 7.11 Å². The molecule has 0 aliphatic carbocycles. The molecule has 0 spiro atoms. The molecule has 0 aromatic heterocycles. The number of hydrogen-bond donors (Lipinski definition) is 1. The molecule has 0 bridgehead atoms. The highest BCUT2D eigenvalue weighted by Gasteiger charge is 2.15. The van der Waals surface area contributed by atoms with Crippen molar-refractivity contribution in [3.8, 4) is 5.75 Å². The molecule has 1 aromatic rings. The van der Waals surface area contributed by atoms with Gasteiger partial charge in [0.1, 0.15) is 0 Å². The molecule has 1 rings (SSSR count). The molecule has 0 heterocycles. The van der Waals surface area contributed by atoms with Crippen LogP contribution in [0.25, 0.3) is 0 Å². The molecule has 0 radical (unpaired) electrons. The van der Waals surface area contributed by atoms with Crippen molar-refractivity contribution >= 4 is 0 Å². The Morgan fingerprint density at radius 2 is 2.14 bits per heavy atom. The average molecular weight is 198 g/mol. The van der Waals surface area contributed by atoms with Crippen LogP contribution in [0.3, 0.4) is 0 Å². The lowest BCUT2D eigenvalue weighted by atomic mass is 9.99. The molecule has 3 heteroatoms. The van der Waals surface area contributed by atoms with Crippen molar-refractivity contribution in [3.05, 3.63) is 29.1 Å². The number of aryl methyl sites for hydroxylation is 1. The smallest absolute Gasteiger partial charge is 0.168 e. The van der Waals surface area contributed by atoms with E-state index in [4.69, 9.17) is 9.84 Å². The normalized spacial score (nSPS) is 12.6. The maximum absolute atomic E-state index is 13.6. The maximum Gasteiger partial charge on any atom is 0.168 e. The van der Waals surface area contributed by atoms with E-state index in [1.54, 1.807) is 19.1 Å². The Kier molecular flexibility index (Phi) is 3.47. The number of aliphatic hydroxyl groups excluding tert-OH is 1. The number of rotatable bonds is 3. The zero-order chi connectivity index (χ0) is 10.7. The molecule has 1 unspecified atom stereocenters. The zero-order valence-electron chi connectivity index (χ0n) is 8.67. The van der Waals surface area contributed by atoms with E-state index < -0.39 is 0 Å². The third-order valence-corrected chi connectivity index (χ3v) is 2.33. The average Bonchev–Trinajstić information content (AvgIpc) is 2.20. The van der Waals surface area contributed by atoms with E-state index in [2.05, 4.69) is 0 Å². The minimum atomic E-state index is -0.342. The Morgan fingerprint density at radius 1 is 1.50 bits per heavy atom. The fraction of sp³-hybridized carbons (Fsp3) is 0.455. The van der Waals surface area contributed by atoms with Gasteiger partial charge in [0.2, 0.25) is 0 Å². The Labute approximate surface area is 83.3 Å².